The number of hydrogen-bond donors (Lipinski definition) is 3. The fourth-order valence-electron chi connectivity index (χ4n) is 4.47. The van der Waals surface area contributed by atoms with E-state index in [4.69, 9.17) is 4.74 Å². The number of piperidine rings is 1. The number of rotatable bonds is 7. The molecule has 3 atom stereocenters. The first-order chi connectivity index (χ1) is 14.0. The normalized spacial score (nSPS) is 21.9. The summed E-state index contributed by atoms with van der Waals surface area (Å²) in [4.78, 5) is 12.1. The zero-order valence-electron chi connectivity index (χ0n) is 18.0. The molecule has 0 radical (unpaired) electrons. The van der Waals surface area contributed by atoms with Gasteiger partial charge in [-0.3, -0.25) is 4.79 Å². The molecule has 1 saturated heterocycles. The third kappa shape index (κ3) is 5.08. The number of amides is 1. The van der Waals surface area contributed by atoms with Crippen molar-refractivity contribution >= 4 is 18.3 Å². The predicted octanol–water partition coefficient (Wildman–Crippen LogP) is 4.17. The zero-order chi connectivity index (χ0) is 20.9. The highest BCUT2D eigenvalue weighted by Crippen LogP contribution is 2.46. The van der Waals surface area contributed by atoms with Crippen LogP contribution in [0.3, 0.4) is 0 Å². The summed E-state index contributed by atoms with van der Waals surface area (Å²) >= 11 is 0. The number of phenolic OH excluding ortho intramolecular Hbond substituents is 1. The molecule has 3 rings (SSSR count). The highest BCUT2D eigenvalue weighted by atomic mass is 35.5. The molecule has 1 amide bonds. The van der Waals surface area contributed by atoms with E-state index in [2.05, 4.69) is 29.7 Å². The lowest BCUT2D eigenvalue weighted by molar-refractivity contribution is -0.122. The van der Waals surface area contributed by atoms with E-state index in [1.165, 1.54) is 5.56 Å². The lowest BCUT2D eigenvalue weighted by Gasteiger charge is -2.44. The molecule has 3 N–H and O–H groups in total. The van der Waals surface area contributed by atoms with E-state index in [-0.39, 0.29) is 41.6 Å². The monoisotopic (exact) mass is 432 g/mol. The second kappa shape index (κ2) is 10.7. The molecule has 6 heteroatoms. The van der Waals surface area contributed by atoms with Gasteiger partial charge in [0.15, 0.2) is 0 Å². The molecule has 164 valence electrons. The Morgan fingerprint density at radius 3 is 2.70 bits per heavy atom. The molecular formula is C24H33ClN2O3. The summed E-state index contributed by atoms with van der Waals surface area (Å²) in [6.07, 6.45) is 3.00. The van der Waals surface area contributed by atoms with Gasteiger partial charge in [-0.05, 0) is 56.5 Å². The first-order valence-electron chi connectivity index (χ1n) is 10.5. The molecule has 30 heavy (non-hydrogen) atoms. The summed E-state index contributed by atoms with van der Waals surface area (Å²) in [5, 5.41) is 17.5. The quantitative estimate of drug-likeness (QED) is 0.614. The van der Waals surface area contributed by atoms with Crippen LogP contribution in [-0.4, -0.2) is 36.8 Å². The molecule has 1 heterocycles. The smallest absolute Gasteiger partial charge is 0.220 e. The molecule has 1 fully saturated rings. The van der Waals surface area contributed by atoms with Gasteiger partial charge < -0.3 is 20.5 Å². The van der Waals surface area contributed by atoms with Gasteiger partial charge >= 0.3 is 0 Å². The first kappa shape index (κ1) is 24.0. The van der Waals surface area contributed by atoms with E-state index in [1.807, 2.05) is 31.2 Å². The maximum atomic E-state index is 12.1. The number of halogens is 1. The fourth-order valence-corrected chi connectivity index (χ4v) is 4.47. The van der Waals surface area contributed by atoms with Crippen LogP contribution in [0, 0.1) is 0 Å². The first-order valence-corrected chi connectivity index (χ1v) is 10.5. The molecule has 1 aliphatic heterocycles. The number of nitrogens with one attached hydrogen (secondary N) is 2. The molecule has 0 spiro atoms. The molecule has 2 aromatic rings. The Labute approximate surface area is 185 Å². The molecule has 0 aliphatic carbocycles. The minimum atomic E-state index is -0.362. The molecule has 3 unspecified atom stereocenters. The highest BCUT2D eigenvalue weighted by Gasteiger charge is 2.42. The van der Waals surface area contributed by atoms with E-state index in [1.54, 1.807) is 19.2 Å². The summed E-state index contributed by atoms with van der Waals surface area (Å²) < 4.78 is 5.45. The highest BCUT2D eigenvalue weighted by molar-refractivity contribution is 5.85. The number of hydrogen-bond acceptors (Lipinski definition) is 4. The van der Waals surface area contributed by atoms with Crippen molar-refractivity contribution in [2.45, 2.75) is 57.0 Å². The lowest BCUT2D eigenvalue weighted by Crippen LogP contribution is -2.55. The maximum absolute atomic E-state index is 12.1. The number of phenols is 1. The van der Waals surface area contributed by atoms with Crippen molar-refractivity contribution in [3.8, 4) is 11.5 Å². The van der Waals surface area contributed by atoms with Crippen molar-refractivity contribution in [2.24, 2.45) is 0 Å². The van der Waals surface area contributed by atoms with Crippen molar-refractivity contribution in [1.29, 1.82) is 0 Å². The van der Waals surface area contributed by atoms with E-state index in [9.17, 15) is 9.90 Å². The molecule has 2 aromatic carbocycles. The van der Waals surface area contributed by atoms with E-state index in [0.29, 0.717) is 6.42 Å². The van der Waals surface area contributed by atoms with Crippen molar-refractivity contribution < 1.29 is 14.6 Å². The van der Waals surface area contributed by atoms with Gasteiger partial charge in [-0.25, -0.2) is 0 Å². The van der Waals surface area contributed by atoms with Crippen LogP contribution in [0.15, 0.2) is 48.5 Å². The number of aromatic hydroxyl groups is 1. The number of carbonyl (C=O) groups excluding carboxylic acids is 1. The average Bonchev–Trinajstić information content (AvgIpc) is 2.75. The van der Waals surface area contributed by atoms with Crippen molar-refractivity contribution in [3.05, 3.63) is 59.7 Å². The molecule has 0 bridgehead atoms. The van der Waals surface area contributed by atoms with Crippen molar-refractivity contribution in [3.63, 3.8) is 0 Å². The summed E-state index contributed by atoms with van der Waals surface area (Å²) in [6, 6.07) is 15.9. The third-order valence-corrected chi connectivity index (χ3v) is 6.04. The summed E-state index contributed by atoms with van der Waals surface area (Å²) in [7, 11) is 1.64. The number of carbonyl (C=O) groups is 1. The number of ether oxygens (including phenoxy) is 1. The van der Waals surface area contributed by atoms with Gasteiger partial charge in [-0.2, -0.15) is 0 Å². The van der Waals surface area contributed by atoms with E-state index >= 15 is 0 Å². The Kier molecular flexibility index (Phi) is 8.56. The summed E-state index contributed by atoms with van der Waals surface area (Å²) in [5.74, 6) is 1.09. The molecule has 0 aromatic heterocycles. The largest absolute Gasteiger partial charge is 0.508 e. The van der Waals surface area contributed by atoms with Crippen LogP contribution in [0.1, 0.15) is 50.7 Å². The average molecular weight is 433 g/mol. The zero-order valence-corrected chi connectivity index (χ0v) is 18.8. The van der Waals surface area contributed by atoms with Gasteiger partial charge in [-0.1, -0.05) is 37.3 Å². The second-order valence-corrected chi connectivity index (χ2v) is 7.95. The van der Waals surface area contributed by atoms with Crippen LogP contribution in [0.2, 0.25) is 0 Å². The van der Waals surface area contributed by atoms with Gasteiger partial charge in [-0.15, -0.1) is 12.4 Å². The second-order valence-electron chi connectivity index (χ2n) is 7.95. The van der Waals surface area contributed by atoms with E-state index < -0.39 is 0 Å². The topological polar surface area (TPSA) is 70.6 Å². The summed E-state index contributed by atoms with van der Waals surface area (Å²) in [6.45, 7) is 4.86. The number of benzene rings is 2. The van der Waals surface area contributed by atoms with Gasteiger partial charge in [0.2, 0.25) is 5.91 Å². The fraction of sp³-hybridized carbons (Fsp3) is 0.458. The van der Waals surface area contributed by atoms with Gasteiger partial charge in [0, 0.05) is 29.5 Å². The van der Waals surface area contributed by atoms with Crippen LogP contribution in [0.25, 0.3) is 0 Å². The Hall–Kier alpha value is -2.24. The molecular weight excluding hydrogens is 400 g/mol. The van der Waals surface area contributed by atoms with Crippen molar-refractivity contribution in [2.75, 3.05) is 13.7 Å². The van der Waals surface area contributed by atoms with Crippen LogP contribution >= 0.6 is 12.4 Å². The molecule has 1 aliphatic rings. The van der Waals surface area contributed by atoms with Gasteiger partial charge in [0.1, 0.15) is 11.5 Å². The molecule has 5 nitrogen and oxygen atoms in total. The van der Waals surface area contributed by atoms with Gasteiger partial charge in [0.25, 0.3) is 0 Å². The Bertz CT molecular complexity index is 830. The van der Waals surface area contributed by atoms with Crippen LogP contribution in [0.5, 0.6) is 11.5 Å². The van der Waals surface area contributed by atoms with Crippen LogP contribution in [-0.2, 0) is 10.2 Å². The minimum Gasteiger partial charge on any atom is -0.508 e. The summed E-state index contributed by atoms with van der Waals surface area (Å²) in [5.41, 5.74) is 1.68. The van der Waals surface area contributed by atoms with Gasteiger partial charge in [0.05, 0.1) is 7.11 Å². The Morgan fingerprint density at radius 2 is 2.03 bits per heavy atom. The van der Waals surface area contributed by atoms with Crippen LogP contribution in [0.4, 0.5) is 0 Å². The third-order valence-electron chi connectivity index (χ3n) is 6.04. The standard InChI is InChI=1S/C24H32N2O3.ClH/c1-4-8-23(28)26-17(2)21-16-24(13-14-25-21,18-9-6-5-7-10-18)20-15-19(29-3)11-12-22(20)27;/h5-7,9-12,15,17,21,25,27H,4,8,13-14,16H2,1-3H3,(H,26,28);1H. The van der Waals surface area contributed by atoms with Crippen molar-refractivity contribution in [1.82, 2.24) is 10.6 Å². The van der Waals surface area contributed by atoms with E-state index in [0.717, 1.165) is 37.1 Å². The minimum absolute atomic E-state index is 0. The predicted molar refractivity (Wildman–Crippen MR) is 123 cm³/mol. The molecule has 0 saturated carbocycles. The Balaban J connectivity index is 0.00000320. The lowest BCUT2D eigenvalue weighted by atomic mass is 9.65. The Morgan fingerprint density at radius 1 is 1.30 bits per heavy atom. The maximum Gasteiger partial charge on any atom is 0.220 e. The number of methoxy groups -OCH3 is 1. The van der Waals surface area contributed by atoms with Crippen LogP contribution < -0.4 is 15.4 Å². The SMILES string of the molecule is CCCC(=O)NC(C)C1CC(c2ccccc2)(c2cc(OC)ccc2O)CCN1.Cl.